The third-order valence-corrected chi connectivity index (χ3v) is 6.45. The number of nitrogens with zero attached hydrogens (tertiary/aromatic N) is 2. The lowest BCUT2D eigenvalue weighted by Crippen LogP contribution is -2.24. The summed E-state index contributed by atoms with van der Waals surface area (Å²) < 4.78 is 27.7. The third kappa shape index (κ3) is 4.32. The van der Waals surface area contributed by atoms with Crippen LogP contribution in [0.5, 0.6) is 0 Å². The van der Waals surface area contributed by atoms with Crippen LogP contribution in [0.1, 0.15) is 11.4 Å². The summed E-state index contributed by atoms with van der Waals surface area (Å²) >= 11 is 0. The topological polar surface area (TPSA) is 66.1 Å². The van der Waals surface area contributed by atoms with Gasteiger partial charge in [-0.25, -0.2) is 13.6 Å². The average Bonchev–Trinajstić information content (AvgIpc) is 2.78. The van der Waals surface area contributed by atoms with Crippen molar-refractivity contribution in [1.82, 2.24) is 9.97 Å². The maximum absolute atomic E-state index is 15.0. The highest BCUT2D eigenvalue weighted by molar-refractivity contribution is 7.85. The fourth-order valence-corrected chi connectivity index (χ4v) is 4.66. The lowest BCUT2D eigenvalue weighted by atomic mass is 10.1. The number of benzene rings is 3. The zero-order valence-corrected chi connectivity index (χ0v) is 18.2. The largest absolute Gasteiger partial charge is 0.356 e. The lowest BCUT2D eigenvalue weighted by molar-refractivity contribution is 0.594. The number of anilines is 1. The molecule has 1 atom stereocenters. The molecule has 32 heavy (non-hydrogen) atoms. The summed E-state index contributed by atoms with van der Waals surface area (Å²) in [6.45, 7) is 2.21. The van der Waals surface area contributed by atoms with E-state index in [4.69, 9.17) is 6.42 Å². The van der Waals surface area contributed by atoms with Gasteiger partial charge < -0.3 is 9.88 Å². The van der Waals surface area contributed by atoms with Gasteiger partial charge in [-0.3, -0.25) is 4.79 Å². The van der Waals surface area contributed by atoms with Gasteiger partial charge in [0.05, 0.1) is 33.1 Å². The van der Waals surface area contributed by atoms with Gasteiger partial charge in [-0.15, -0.1) is 6.42 Å². The Morgan fingerprint density at radius 1 is 1.12 bits per heavy atom. The van der Waals surface area contributed by atoms with E-state index in [1.54, 1.807) is 48.2 Å². The fraction of sp³-hybridized carbons (Fsp3) is 0.120. The Morgan fingerprint density at radius 2 is 1.91 bits per heavy atom. The predicted molar refractivity (Wildman–Crippen MR) is 125 cm³/mol. The molecule has 0 spiro atoms. The summed E-state index contributed by atoms with van der Waals surface area (Å²) in [6, 6.07) is 18.7. The maximum Gasteiger partial charge on any atom is 0.259 e. The first-order valence-corrected chi connectivity index (χ1v) is 11.1. The van der Waals surface area contributed by atoms with Crippen molar-refractivity contribution in [3.63, 3.8) is 0 Å². The molecule has 4 aromatic rings. The first kappa shape index (κ1) is 21.5. The van der Waals surface area contributed by atoms with E-state index < -0.39 is 16.6 Å². The van der Waals surface area contributed by atoms with E-state index in [0.717, 1.165) is 5.56 Å². The van der Waals surface area contributed by atoms with Crippen LogP contribution in [-0.2, 0) is 17.3 Å². The van der Waals surface area contributed by atoms with Crippen LogP contribution >= 0.6 is 0 Å². The molecule has 0 aliphatic rings. The smallest absolute Gasteiger partial charge is 0.259 e. The fourth-order valence-electron chi connectivity index (χ4n) is 3.57. The van der Waals surface area contributed by atoms with E-state index in [9.17, 15) is 13.4 Å². The number of fused-ring (bicyclic) bond motifs is 1. The number of aromatic amines is 1. The zero-order valence-electron chi connectivity index (χ0n) is 17.3. The van der Waals surface area contributed by atoms with Gasteiger partial charge in [-0.2, -0.15) is 0 Å². The summed E-state index contributed by atoms with van der Waals surface area (Å²) in [5, 5.41) is 0.474. The number of halogens is 1. The highest BCUT2D eigenvalue weighted by Crippen LogP contribution is 2.26. The summed E-state index contributed by atoms with van der Waals surface area (Å²) in [5.41, 5.74) is 1.61. The van der Waals surface area contributed by atoms with Crippen LogP contribution in [-0.4, -0.2) is 20.7 Å². The van der Waals surface area contributed by atoms with Gasteiger partial charge in [0.15, 0.2) is 0 Å². The number of aryl methyl sites for hydroxylation is 1. The molecule has 160 valence electrons. The predicted octanol–water partition coefficient (Wildman–Crippen LogP) is 4.18. The normalized spacial score (nSPS) is 11.8. The number of hydrogen-bond donors (Lipinski definition) is 1. The van der Waals surface area contributed by atoms with E-state index in [0.29, 0.717) is 27.3 Å². The molecule has 0 fully saturated rings. The molecule has 4 rings (SSSR count). The molecule has 1 aromatic heterocycles. The van der Waals surface area contributed by atoms with E-state index in [-0.39, 0.29) is 23.5 Å². The molecule has 1 heterocycles. The molecular formula is C25H20FN3O2S. The van der Waals surface area contributed by atoms with E-state index in [1.807, 2.05) is 18.2 Å². The van der Waals surface area contributed by atoms with Crippen molar-refractivity contribution in [3.8, 4) is 12.3 Å². The Hall–Kier alpha value is -3.76. The van der Waals surface area contributed by atoms with Crippen molar-refractivity contribution in [2.75, 3.05) is 11.4 Å². The van der Waals surface area contributed by atoms with Crippen molar-refractivity contribution in [2.45, 2.75) is 23.3 Å². The van der Waals surface area contributed by atoms with Crippen molar-refractivity contribution in [3.05, 3.63) is 94.3 Å². The second kappa shape index (κ2) is 9.16. The van der Waals surface area contributed by atoms with Gasteiger partial charge >= 0.3 is 0 Å². The number of terminal acetylenes is 1. The number of nitrogens with one attached hydrogen (secondary N) is 1. The highest BCUT2D eigenvalue weighted by Gasteiger charge is 2.17. The Kier molecular flexibility index (Phi) is 6.15. The summed E-state index contributed by atoms with van der Waals surface area (Å²) in [6.07, 6.45) is 5.56. The Morgan fingerprint density at radius 3 is 2.62 bits per heavy atom. The zero-order chi connectivity index (χ0) is 22.7. The first-order chi connectivity index (χ1) is 15.5. The van der Waals surface area contributed by atoms with Crippen molar-refractivity contribution in [1.29, 1.82) is 0 Å². The lowest BCUT2D eigenvalue weighted by Gasteiger charge is -2.23. The molecule has 5 nitrogen and oxygen atoms in total. The summed E-state index contributed by atoms with van der Waals surface area (Å²) in [7, 11) is -1.63. The Balaban J connectivity index is 1.69. The SMILES string of the molecule is C#CCN(Cc1cccc2nc(C)[nH]c(=O)c12)c1ccc(S(=O)c2ccccc2)c(F)c1. The maximum atomic E-state index is 15.0. The van der Waals surface area contributed by atoms with Gasteiger partial charge in [0.25, 0.3) is 5.56 Å². The number of aromatic nitrogens is 2. The molecule has 0 saturated carbocycles. The van der Waals surface area contributed by atoms with Crippen LogP contribution in [0.15, 0.2) is 81.3 Å². The van der Waals surface area contributed by atoms with Crippen molar-refractivity contribution >= 4 is 27.4 Å². The van der Waals surface area contributed by atoms with Gasteiger partial charge in [0.2, 0.25) is 0 Å². The Labute approximate surface area is 187 Å². The molecule has 0 aliphatic heterocycles. The van der Waals surface area contributed by atoms with E-state index in [2.05, 4.69) is 15.9 Å². The number of rotatable bonds is 6. The van der Waals surface area contributed by atoms with Crippen LogP contribution in [0.2, 0.25) is 0 Å². The minimum Gasteiger partial charge on any atom is -0.356 e. The molecule has 1 N–H and O–H groups in total. The average molecular weight is 446 g/mol. The third-order valence-electron chi connectivity index (χ3n) is 5.02. The molecule has 0 aliphatic carbocycles. The Bertz CT molecular complexity index is 1410. The summed E-state index contributed by atoms with van der Waals surface area (Å²) in [5.74, 6) is 2.53. The molecule has 7 heteroatoms. The second-order valence-electron chi connectivity index (χ2n) is 7.22. The highest BCUT2D eigenvalue weighted by atomic mass is 32.2. The molecule has 0 amide bonds. The molecule has 3 aromatic carbocycles. The van der Waals surface area contributed by atoms with Crippen molar-refractivity contribution in [2.24, 2.45) is 0 Å². The molecule has 0 bridgehead atoms. The monoisotopic (exact) mass is 445 g/mol. The van der Waals surface area contributed by atoms with Crippen LogP contribution in [0.3, 0.4) is 0 Å². The molecule has 0 saturated heterocycles. The minimum atomic E-state index is -1.63. The van der Waals surface area contributed by atoms with Crippen LogP contribution in [0.4, 0.5) is 10.1 Å². The summed E-state index contributed by atoms with van der Waals surface area (Å²) in [4.78, 5) is 22.1. The van der Waals surface area contributed by atoms with Gasteiger partial charge in [0, 0.05) is 17.1 Å². The molecule has 1 unspecified atom stereocenters. The van der Waals surface area contributed by atoms with Gasteiger partial charge in [-0.1, -0.05) is 36.3 Å². The van der Waals surface area contributed by atoms with Gasteiger partial charge in [-0.05, 0) is 48.9 Å². The first-order valence-electron chi connectivity index (χ1n) is 9.91. The number of H-pyrrole nitrogens is 1. The molecule has 0 radical (unpaired) electrons. The van der Waals surface area contributed by atoms with Crippen LogP contribution in [0, 0.1) is 25.1 Å². The van der Waals surface area contributed by atoms with E-state index >= 15 is 0 Å². The van der Waals surface area contributed by atoms with Crippen molar-refractivity contribution < 1.29 is 8.60 Å². The van der Waals surface area contributed by atoms with Crippen LogP contribution < -0.4 is 10.5 Å². The quantitative estimate of drug-likeness (QED) is 0.452. The van der Waals surface area contributed by atoms with E-state index in [1.165, 1.54) is 12.1 Å². The molecular weight excluding hydrogens is 425 g/mol. The second-order valence-corrected chi connectivity index (χ2v) is 8.67. The standard InChI is InChI=1S/C25H20FN3O2S/c1-3-14-29(16-18-8-7-11-22-24(18)25(30)28-17(2)27-22)19-12-13-23(21(26)15-19)32(31)20-9-5-4-6-10-20/h1,4-13,15H,14,16H2,2H3,(H,27,28,30). The number of hydrogen-bond acceptors (Lipinski definition) is 4. The van der Waals surface area contributed by atoms with Crippen LogP contribution in [0.25, 0.3) is 10.9 Å². The van der Waals surface area contributed by atoms with Gasteiger partial charge in [0.1, 0.15) is 11.6 Å². The minimum absolute atomic E-state index is 0.0990.